The largest absolute Gasteiger partial charge is 0.383 e. The SMILES string of the molecule is COCCN1C(=O)N=C2C=C(C(=O)NCCNC(C)=O)C=CC2C1=O. The zero-order valence-corrected chi connectivity index (χ0v) is 14.1. The first kappa shape index (κ1) is 18.5. The van der Waals surface area contributed by atoms with Crippen molar-refractivity contribution in [1.29, 1.82) is 0 Å². The van der Waals surface area contributed by atoms with Gasteiger partial charge in [0.25, 0.3) is 5.91 Å². The summed E-state index contributed by atoms with van der Waals surface area (Å²) in [5, 5.41) is 5.20. The molecule has 0 fully saturated rings. The summed E-state index contributed by atoms with van der Waals surface area (Å²) in [5.41, 5.74) is 0.543. The van der Waals surface area contributed by atoms with Crippen LogP contribution in [-0.2, 0) is 19.1 Å². The van der Waals surface area contributed by atoms with Crippen molar-refractivity contribution in [2.45, 2.75) is 6.92 Å². The van der Waals surface area contributed by atoms with Crippen LogP contribution in [0.1, 0.15) is 6.92 Å². The van der Waals surface area contributed by atoms with Gasteiger partial charge in [-0.1, -0.05) is 12.2 Å². The molecule has 1 heterocycles. The summed E-state index contributed by atoms with van der Waals surface area (Å²) in [6, 6.07) is -0.662. The lowest BCUT2D eigenvalue weighted by Gasteiger charge is -2.28. The smallest absolute Gasteiger partial charge is 0.350 e. The summed E-state index contributed by atoms with van der Waals surface area (Å²) in [6.07, 6.45) is 4.51. The van der Waals surface area contributed by atoms with Gasteiger partial charge in [0.2, 0.25) is 11.8 Å². The molecule has 0 aromatic rings. The number of nitrogens with one attached hydrogen (secondary N) is 2. The average Bonchev–Trinajstić information content (AvgIpc) is 2.57. The number of carbonyl (C=O) groups is 4. The molecule has 25 heavy (non-hydrogen) atoms. The number of amides is 5. The minimum Gasteiger partial charge on any atom is -0.383 e. The normalized spacial score (nSPS) is 19.1. The fraction of sp³-hybridized carbons (Fsp3) is 0.438. The highest BCUT2D eigenvalue weighted by Gasteiger charge is 2.36. The Hall–Kier alpha value is -2.81. The zero-order valence-electron chi connectivity index (χ0n) is 14.1. The van der Waals surface area contributed by atoms with Crippen molar-refractivity contribution in [3.8, 4) is 0 Å². The molecule has 0 bridgehead atoms. The van der Waals surface area contributed by atoms with Crippen molar-refractivity contribution < 1.29 is 23.9 Å². The standard InChI is InChI=1S/C16H20N4O5/c1-10(21)17-5-6-18-14(22)11-3-4-12-13(9-11)19-16(24)20(15(12)23)7-8-25-2/h3-4,9,12H,5-8H2,1-2H3,(H,17,21)(H,18,22). The minimum atomic E-state index is -0.675. The summed E-state index contributed by atoms with van der Waals surface area (Å²) in [5.74, 6) is -1.61. The van der Waals surface area contributed by atoms with E-state index >= 15 is 0 Å². The molecule has 1 unspecified atom stereocenters. The lowest BCUT2D eigenvalue weighted by Crippen LogP contribution is -2.47. The number of imide groups is 1. The van der Waals surface area contributed by atoms with E-state index in [0.717, 1.165) is 4.90 Å². The van der Waals surface area contributed by atoms with Crippen molar-refractivity contribution in [2.75, 3.05) is 33.4 Å². The third-order valence-electron chi connectivity index (χ3n) is 3.64. The Morgan fingerprint density at radius 2 is 2.00 bits per heavy atom. The maximum absolute atomic E-state index is 12.4. The molecule has 1 atom stereocenters. The van der Waals surface area contributed by atoms with Gasteiger partial charge in [-0.15, -0.1) is 0 Å². The molecule has 0 aromatic carbocycles. The van der Waals surface area contributed by atoms with Gasteiger partial charge in [0, 0.05) is 32.7 Å². The molecule has 2 N–H and O–H groups in total. The van der Waals surface area contributed by atoms with Gasteiger partial charge >= 0.3 is 6.03 Å². The molecule has 0 spiro atoms. The zero-order chi connectivity index (χ0) is 18.4. The Labute approximate surface area is 144 Å². The number of rotatable bonds is 7. The lowest BCUT2D eigenvalue weighted by atomic mass is 9.91. The van der Waals surface area contributed by atoms with E-state index in [4.69, 9.17) is 4.74 Å². The molecule has 5 amide bonds. The molecule has 0 aromatic heterocycles. The highest BCUT2D eigenvalue weighted by atomic mass is 16.5. The third-order valence-corrected chi connectivity index (χ3v) is 3.64. The maximum atomic E-state index is 12.4. The van der Waals surface area contributed by atoms with E-state index in [1.165, 1.54) is 26.2 Å². The second-order valence-corrected chi connectivity index (χ2v) is 5.48. The fourth-order valence-corrected chi connectivity index (χ4v) is 2.39. The molecule has 1 aliphatic heterocycles. The molecule has 0 saturated carbocycles. The summed E-state index contributed by atoms with van der Waals surface area (Å²) >= 11 is 0. The first-order chi connectivity index (χ1) is 11.9. The fourth-order valence-electron chi connectivity index (χ4n) is 2.39. The molecule has 0 saturated heterocycles. The van der Waals surface area contributed by atoms with E-state index in [9.17, 15) is 19.2 Å². The number of hydrogen-bond donors (Lipinski definition) is 2. The van der Waals surface area contributed by atoms with Gasteiger partial charge < -0.3 is 15.4 Å². The Morgan fingerprint density at radius 1 is 1.28 bits per heavy atom. The van der Waals surface area contributed by atoms with E-state index in [-0.39, 0.29) is 43.1 Å². The van der Waals surface area contributed by atoms with Gasteiger partial charge in [0.05, 0.1) is 24.8 Å². The van der Waals surface area contributed by atoms with Crippen LogP contribution in [0.25, 0.3) is 0 Å². The van der Waals surface area contributed by atoms with Crippen molar-refractivity contribution in [1.82, 2.24) is 15.5 Å². The first-order valence-corrected chi connectivity index (χ1v) is 7.79. The van der Waals surface area contributed by atoms with Crippen LogP contribution in [0.4, 0.5) is 4.79 Å². The Kier molecular flexibility index (Phi) is 6.18. The number of hydrogen-bond acceptors (Lipinski definition) is 5. The summed E-state index contributed by atoms with van der Waals surface area (Å²) in [6.45, 7) is 2.33. The predicted molar refractivity (Wildman–Crippen MR) is 88.8 cm³/mol. The van der Waals surface area contributed by atoms with Gasteiger partial charge in [-0.2, -0.15) is 4.99 Å². The lowest BCUT2D eigenvalue weighted by molar-refractivity contribution is -0.130. The number of aliphatic imine (C=N–C) groups is 1. The summed E-state index contributed by atoms with van der Waals surface area (Å²) in [4.78, 5) is 52.2. The summed E-state index contributed by atoms with van der Waals surface area (Å²) < 4.78 is 4.88. The average molecular weight is 348 g/mol. The molecule has 134 valence electrons. The van der Waals surface area contributed by atoms with Crippen LogP contribution < -0.4 is 10.6 Å². The van der Waals surface area contributed by atoms with Crippen LogP contribution in [0.15, 0.2) is 28.8 Å². The predicted octanol–water partition coefficient (Wildman–Crippen LogP) is -0.599. The monoisotopic (exact) mass is 348 g/mol. The van der Waals surface area contributed by atoms with Crippen LogP contribution in [0.3, 0.4) is 0 Å². The quantitative estimate of drug-likeness (QED) is 0.596. The molecule has 2 aliphatic rings. The minimum absolute atomic E-state index is 0.134. The third kappa shape index (κ3) is 4.60. The number of carbonyl (C=O) groups excluding carboxylic acids is 4. The maximum Gasteiger partial charge on any atom is 0.350 e. The highest BCUT2D eigenvalue weighted by molar-refractivity contribution is 6.23. The molecule has 2 rings (SSSR count). The molecule has 0 radical (unpaired) electrons. The van der Waals surface area contributed by atoms with E-state index < -0.39 is 11.9 Å². The molecule has 9 heteroatoms. The van der Waals surface area contributed by atoms with Crippen molar-refractivity contribution in [3.63, 3.8) is 0 Å². The Balaban J connectivity index is 2.03. The van der Waals surface area contributed by atoms with Crippen molar-refractivity contribution in [2.24, 2.45) is 10.9 Å². The van der Waals surface area contributed by atoms with E-state index in [2.05, 4.69) is 15.6 Å². The topological polar surface area (TPSA) is 117 Å². The molecular weight excluding hydrogens is 328 g/mol. The van der Waals surface area contributed by atoms with E-state index in [1.807, 2.05) is 0 Å². The van der Waals surface area contributed by atoms with Crippen molar-refractivity contribution in [3.05, 3.63) is 23.8 Å². The van der Waals surface area contributed by atoms with Gasteiger partial charge in [-0.3, -0.25) is 19.3 Å². The van der Waals surface area contributed by atoms with Crippen LogP contribution in [-0.4, -0.2) is 67.7 Å². The van der Waals surface area contributed by atoms with E-state index in [1.54, 1.807) is 6.08 Å². The first-order valence-electron chi connectivity index (χ1n) is 7.79. The second kappa shape index (κ2) is 8.34. The number of ether oxygens (including phenoxy) is 1. The van der Waals surface area contributed by atoms with Crippen LogP contribution in [0.5, 0.6) is 0 Å². The van der Waals surface area contributed by atoms with Gasteiger partial charge in [0.15, 0.2) is 0 Å². The second-order valence-electron chi connectivity index (χ2n) is 5.48. The van der Waals surface area contributed by atoms with Gasteiger partial charge in [0.1, 0.15) is 0 Å². The van der Waals surface area contributed by atoms with E-state index in [0.29, 0.717) is 12.1 Å². The number of fused-ring (bicyclic) bond motifs is 1. The number of methoxy groups -OCH3 is 1. The van der Waals surface area contributed by atoms with Crippen molar-refractivity contribution >= 4 is 29.5 Å². The summed E-state index contributed by atoms with van der Waals surface area (Å²) in [7, 11) is 1.48. The Bertz CT molecular complexity index is 680. The number of urea groups is 1. The van der Waals surface area contributed by atoms with Crippen LogP contribution >= 0.6 is 0 Å². The van der Waals surface area contributed by atoms with Gasteiger partial charge in [-0.05, 0) is 6.08 Å². The van der Waals surface area contributed by atoms with Crippen LogP contribution in [0.2, 0.25) is 0 Å². The number of allylic oxidation sites excluding steroid dienone is 1. The highest BCUT2D eigenvalue weighted by Crippen LogP contribution is 2.22. The number of nitrogens with zero attached hydrogens (tertiary/aromatic N) is 2. The molecule has 1 aliphatic carbocycles. The van der Waals surface area contributed by atoms with Crippen LogP contribution in [0, 0.1) is 5.92 Å². The van der Waals surface area contributed by atoms with Gasteiger partial charge in [-0.25, -0.2) is 4.79 Å². The molecular formula is C16H20N4O5. The molecule has 9 nitrogen and oxygen atoms in total. The Morgan fingerprint density at radius 3 is 2.68 bits per heavy atom.